The zero-order valence-electron chi connectivity index (χ0n) is 6.77. The molecule has 0 aliphatic heterocycles. The maximum atomic E-state index is 5.75. The van der Waals surface area contributed by atoms with Crippen LogP contribution in [-0.2, 0) is 0 Å². The lowest BCUT2D eigenvalue weighted by molar-refractivity contribution is 1.18. The molecule has 1 heterocycles. The largest absolute Gasteiger partial charge is 0.365 e. The summed E-state index contributed by atoms with van der Waals surface area (Å²) in [5.74, 6) is 0.525. The Balaban J connectivity index is 2.83. The van der Waals surface area contributed by atoms with Crippen LogP contribution < -0.4 is 10.6 Å². The average molecular weight is 236 g/mol. The SMILES string of the molecule is CNC(=S)Nc1cc(Cl)cc(Cl)n1. The molecule has 0 amide bonds. The van der Waals surface area contributed by atoms with Gasteiger partial charge in [0.2, 0.25) is 0 Å². The lowest BCUT2D eigenvalue weighted by Crippen LogP contribution is -2.24. The first-order valence-corrected chi connectivity index (χ1v) is 4.60. The van der Waals surface area contributed by atoms with Crippen LogP contribution in [0, 0.1) is 0 Å². The van der Waals surface area contributed by atoms with Gasteiger partial charge in [-0.05, 0) is 24.4 Å². The zero-order chi connectivity index (χ0) is 9.84. The fraction of sp³-hybridized carbons (Fsp3) is 0.143. The van der Waals surface area contributed by atoms with E-state index in [4.69, 9.17) is 35.4 Å². The number of halogens is 2. The molecular weight excluding hydrogens is 229 g/mol. The molecule has 1 rings (SSSR count). The second-order valence-electron chi connectivity index (χ2n) is 2.20. The Kier molecular flexibility index (Phi) is 3.71. The van der Waals surface area contributed by atoms with E-state index in [1.807, 2.05) is 0 Å². The van der Waals surface area contributed by atoms with E-state index in [0.717, 1.165) is 0 Å². The lowest BCUT2D eigenvalue weighted by atomic mass is 10.4. The molecule has 0 aliphatic carbocycles. The summed E-state index contributed by atoms with van der Waals surface area (Å²) in [6, 6.07) is 3.19. The van der Waals surface area contributed by atoms with Crippen molar-refractivity contribution in [1.29, 1.82) is 0 Å². The minimum Gasteiger partial charge on any atom is -0.365 e. The Morgan fingerprint density at radius 1 is 1.46 bits per heavy atom. The summed E-state index contributed by atoms with van der Waals surface area (Å²) in [6.07, 6.45) is 0. The summed E-state index contributed by atoms with van der Waals surface area (Å²) < 4.78 is 0. The number of hydrogen-bond acceptors (Lipinski definition) is 2. The van der Waals surface area contributed by atoms with Gasteiger partial charge in [-0.1, -0.05) is 23.2 Å². The van der Waals surface area contributed by atoms with E-state index in [0.29, 0.717) is 21.1 Å². The van der Waals surface area contributed by atoms with Gasteiger partial charge in [-0.2, -0.15) is 0 Å². The zero-order valence-corrected chi connectivity index (χ0v) is 9.09. The first-order chi connectivity index (χ1) is 6.11. The Hall–Kier alpha value is -0.580. The van der Waals surface area contributed by atoms with Crippen LogP contribution in [0.1, 0.15) is 0 Å². The first kappa shape index (κ1) is 10.5. The predicted molar refractivity (Wildman–Crippen MR) is 59.5 cm³/mol. The smallest absolute Gasteiger partial charge is 0.171 e. The molecule has 0 bridgehead atoms. The molecule has 0 unspecified atom stereocenters. The van der Waals surface area contributed by atoms with Crippen molar-refractivity contribution in [3.63, 3.8) is 0 Å². The Bertz CT molecular complexity index is 309. The van der Waals surface area contributed by atoms with Crippen molar-refractivity contribution in [3.05, 3.63) is 22.3 Å². The molecule has 0 spiro atoms. The van der Waals surface area contributed by atoms with Gasteiger partial charge in [0.15, 0.2) is 5.11 Å². The number of thiocarbonyl (C=S) groups is 1. The van der Waals surface area contributed by atoms with E-state index in [-0.39, 0.29) is 0 Å². The number of rotatable bonds is 1. The van der Waals surface area contributed by atoms with Gasteiger partial charge < -0.3 is 10.6 Å². The second-order valence-corrected chi connectivity index (χ2v) is 3.43. The molecule has 0 aromatic carbocycles. The molecule has 70 valence electrons. The average Bonchev–Trinajstić information content (AvgIpc) is 2.02. The normalized spacial score (nSPS) is 9.46. The summed E-state index contributed by atoms with van der Waals surface area (Å²) >= 11 is 16.3. The number of anilines is 1. The van der Waals surface area contributed by atoms with Gasteiger partial charge in [-0.3, -0.25) is 0 Å². The molecule has 13 heavy (non-hydrogen) atoms. The fourth-order valence-electron chi connectivity index (χ4n) is 0.709. The molecule has 0 fully saturated rings. The third-order valence-corrected chi connectivity index (χ3v) is 1.95. The van der Waals surface area contributed by atoms with Gasteiger partial charge in [0.1, 0.15) is 11.0 Å². The quantitative estimate of drug-likeness (QED) is 0.579. The summed E-state index contributed by atoms with van der Waals surface area (Å²) in [5.41, 5.74) is 0. The van der Waals surface area contributed by atoms with E-state index >= 15 is 0 Å². The van der Waals surface area contributed by atoms with Crippen molar-refractivity contribution < 1.29 is 0 Å². The fourth-order valence-corrected chi connectivity index (χ4v) is 1.28. The van der Waals surface area contributed by atoms with Crippen molar-refractivity contribution in [2.45, 2.75) is 0 Å². The first-order valence-electron chi connectivity index (χ1n) is 3.43. The number of nitrogens with zero attached hydrogens (tertiary/aromatic N) is 1. The third-order valence-electron chi connectivity index (χ3n) is 1.23. The molecule has 2 N–H and O–H groups in total. The Labute approximate surface area is 91.4 Å². The summed E-state index contributed by atoms with van der Waals surface area (Å²) in [5, 5.41) is 6.87. The van der Waals surface area contributed by atoms with Crippen molar-refractivity contribution in [2.24, 2.45) is 0 Å². The maximum Gasteiger partial charge on any atom is 0.171 e. The molecule has 6 heteroatoms. The molecule has 3 nitrogen and oxygen atoms in total. The molecule has 1 aromatic heterocycles. The van der Waals surface area contributed by atoms with Crippen LogP contribution >= 0.6 is 35.4 Å². The molecule has 0 aliphatic rings. The molecule has 0 radical (unpaired) electrons. The minimum absolute atomic E-state index is 0.328. The molecule has 0 atom stereocenters. The van der Waals surface area contributed by atoms with E-state index in [1.165, 1.54) is 0 Å². The molecule has 0 saturated carbocycles. The molecular formula is C7H7Cl2N3S. The van der Waals surface area contributed by atoms with Gasteiger partial charge in [0.25, 0.3) is 0 Å². The van der Waals surface area contributed by atoms with Crippen LogP contribution in [0.4, 0.5) is 5.82 Å². The Morgan fingerprint density at radius 2 is 2.15 bits per heavy atom. The highest BCUT2D eigenvalue weighted by atomic mass is 35.5. The number of nitrogens with one attached hydrogen (secondary N) is 2. The van der Waals surface area contributed by atoms with E-state index in [9.17, 15) is 0 Å². The summed E-state index contributed by atoms with van der Waals surface area (Å²) in [7, 11) is 1.71. The van der Waals surface area contributed by atoms with Gasteiger partial charge in [-0.25, -0.2) is 4.98 Å². The van der Waals surface area contributed by atoms with Crippen LogP contribution in [0.2, 0.25) is 10.2 Å². The maximum absolute atomic E-state index is 5.75. The molecule has 0 saturated heterocycles. The molecule has 1 aromatic rings. The monoisotopic (exact) mass is 235 g/mol. The van der Waals surface area contributed by atoms with Crippen molar-refractivity contribution >= 4 is 46.4 Å². The van der Waals surface area contributed by atoms with E-state index < -0.39 is 0 Å². The van der Waals surface area contributed by atoms with Crippen molar-refractivity contribution in [3.8, 4) is 0 Å². The Morgan fingerprint density at radius 3 is 2.69 bits per heavy atom. The predicted octanol–water partition coefficient (Wildman–Crippen LogP) is 2.30. The van der Waals surface area contributed by atoms with E-state index in [1.54, 1.807) is 19.2 Å². The topological polar surface area (TPSA) is 37.0 Å². The van der Waals surface area contributed by atoms with Crippen molar-refractivity contribution in [2.75, 3.05) is 12.4 Å². The highest BCUT2D eigenvalue weighted by Gasteiger charge is 2.00. The van der Waals surface area contributed by atoms with Crippen molar-refractivity contribution in [1.82, 2.24) is 10.3 Å². The van der Waals surface area contributed by atoms with Crippen LogP contribution in [0.15, 0.2) is 12.1 Å². The standard InChI is InChI=1S/C7H7Cl2N3S/c1-10-7(13)12-6-3-4(8)2-5(9)11-6/h2-3H,1H3,(H2,10,11,12,13). The van der Waals surface area contributed by atoms with Gasteiger partial charge in [0.05, 0.1) is 0 Å². The number of pyridine rings is 1. The number of aromatic nitrogens is 1. The van der Waals surface area contributed by atoms with Crippen LogP contribution in [0.5, 0.6) is 0 Å². The highest BCUT2D eigenvalue weighted by Crippen LogP contribution is 2.18. The number of hydrogen-bond donors (Lipinski definition) is 2. The lowest BCUT2D eigenvalue weighted by Gasteiger charge is -2.06. The highest BCUT2D eigenvalue weighted by molar-refractivity contribution is 7.80. The van der Waals surface area contributed by atoms with Gasteiger partial charge in [-0.15, -0.1) is 0 Å². The van der Waals surface area contributed by atoms with Crippen LogP contribution in [0.3, 0.4) is 0 Å². The van der Waals surface area contributed by atoms with E-state index in [2.05, 4.69) is 15.6 Å². The summed E-state index contributed by atoms with van der Waals surface area (Å²) in [4.78, 5) is 3.96. The van der Waals surface area contributed by atoms with Gasteiger partial charge >= 0.3 is 0 Å². The minimum atomic E-state index is 0.328. The van der Waals surface area contributed by atoms with Gasteiger partial charge in [0, 0.05) is 12.1 Å². The third kappa shape index (κ3) is 3.34. The van der Waals surface area contributed by atoms with Crippen LogP contribution in [-0.4, -0.2) is 17.1 Å². The summed E-state index contributed by atoms with van der Waals surface area (Å²) in [6.45, 7) is 0. The second kappa shape index (κ2) is 4.60. The van der Waals surface area contributed by atoms with Crippen LogP contribution in [0.25, 0.3) is 0 Å².